The molecule has 164 valence electrons. The second kappa shape index (κ2) is 11.4. The van der Waals surface area contributed by atoms with Crippen molar-refractivity contribution >= 4 is 39.1 Å². The molecule has 1 aromatic carbocycles. The summed E-state index contributed by atoms with van der Waals surface area (Å²) in [6.07, 6.45) is 8.91. The van der Waals surface area contributed by atoms with Crippen molar-refractivity contribution in [2.45, 2.75) is 44.4 Å². The van der Waals surface area contributed by atoms with Crippen molar-refractivity contribution in [1.29, 1.82) is 0 Å². The molecule has 0 aliphatic rings. The first-order valence-electron chi connectivity index (χ1n) is 10.1. The maximum Gasteiger partial charge on any atom is 0.257 e. The molecule has 0 fully saturated rings. The molecule has 1 heterocycles. The number of benzene rings is 1. The van der Waals surface area contributed by atoms with Crippen LogP contribution in [0.25, 0.3) is 0 Å². The number of pyridine rings is 1. The first-order chi connectivity index (χ1) is 14.2. The molecule has 1 amide bonds. The van der Waals surface area contributed by atoms with E-state index in [4.69, 9.17) is 0 Å². The Morgan fingerprint density at radius 3 is 2.53 bits per heavy atom. The van der Waals surface area contributed by atoms with E-state index < -0.39 is 10.0 Å². The largest absolute Gasteiger partial charge is 0.322 e. The number of aromatic nitrogens is 1. The molecule has 2 aromatic rings. The zero-order valence-electron chi connectivity index (χ0n) is 18.1. The summed E-state index contributed by atoms with van der Waals surface area (Å²) in [5, 5.41) is 2.83. The van der Waals surface area contributed by atoms with Crippen LogP contribution < -0.4 is 9.62 Å². The average Bonchev–Trinajstić information content (AvgIpc) is 2.73. The molecule has 0 spiro atoms. The molecule has 0 unspecified atom stereocenters. The number of thioether (sulfide) groups is 1. The summed E-state index contributed by atoms with van der Waals surface area (Å²) >= 11 is 1.82. The number of unbranched alkanes of at least 4 members (excludes halogenated alkanes) is 1. The number of hydrogen-bond donors (Lipinski definition) is 1. The highest BCUT2D eigenvalue weighted by atomic mass is 32.2. The Morgan fingerprint density at radius 1 is 1.20 bits per heavy atom. The van der Waals surface area contributed by atoms with Crippen LogP contribution in [0.4, 0.5) is 11.4 Å². The molecular formula is C22H31N3O3S2. The predicted octanol–water partition coefficient (Wildman–Crippen LogP) is 5.04. The third-order valence-electron chi connectivity index (χ3n) is 5.05. The lowest BCUT2D eigenvalue weighted by molar-refractivity contribution is 0.102. The summed E-state index contributed by atoms with van der Waals surface area (Å²) in [6.45, 7) is 4.54. The van der Waals surface area contributed by atoms with E-state index in [9.17, 15) is 13.2 Å². The number of carbonyl (C=O) groups excluding carboxylic acids is 1. The highest BCUT2D eigenvalue weighted by Gasteiger charge is 2.20. The van der Waals surface area contributed by atoms with Gasteiger partial charge in [0, 0.05) is 23.8 Å². The van der Waals surface area contributed by atoms with Gasteiger partial charge in [0.1, 0.15) is 0 Å². The number of hydrogen-bond acceptors (Lipinski definition) is 5. The van der Waals surface area contributed by atoms with E-state index in [0.29, 0.717) is 5.69 Å². The predicted molar refractivity (Wildman–Crippen MR) is 126 cm³/mol. The van der Waals surface area contributed by atoms with E-state index in [1.54, 1.807) is 0 Å². The molecule has 0 radical (unpaired) electrons. The Balaban J connectivity index is 1.94. The molecule has 0 aliphatic carbocycles. The van der Waals surface area contributed by atoms with E-state index in [-0.39, 0.29) is 17.2 Å². The average molecular weight is 450 g/mol. The minimum Gasteiger partial charge on any atom is -0.322 e. The van der Waals surface area contributed by atoms with Gasteiger partial charge in [0.05, 0.1) is 23.7 Å². The smallest absolute Gasteiger partial charge is 0.257 e. The fourth-order valence-electron chi connectivity index (χ4n) is 2.83. The van der Waals surface area contributed by atoms with Gasteiger partial charge in [-0.2, -0.15) is 0 Å². The lowest BCUT2D eigenvalue weighted by atomic mass is 10.0. The van der Waals surface area contributed by atoms with Gasteiger partial charge in [0.25, 0.3) is 5.91 Å². The van der Waals surface area contributed by atoms with Gasteiger partial charge < -0.3 is 5.32 Å². The molecule has 6 nitrogen and oxygen atoms in total. The zero-order valence-corrected chi connectivity index (χ0v) is 19.7. The van der Waals surface area contributed by atoms with Crippen molar-refractivity contribution in [2.75, 3.05) is 28.7 Å². The van der Waals surface area contributed by atoms with Crippen LogP contribution in [0.1, 0.15) is 49.9 Å². The molecule has 0 saturated heterocycles. The third-order valence-corrected chi connectivity index (χ3v) is 7.34. The molecule has 1 atom stereocenters. The van der Waals surface area contributed by atoms with Gasteiger partial charge in [-0.25, -0.2) is 8.42 Å². The Bertz CT molecular complexity index is 931. The van der Waals surface area contributed by atoms with Crippen LogP contribution in [-0.2, 0) is 10.0 Å². The number of nitrogens with one attached hydrogen (secondary N) is 1. The van der Waals surface area contributed by atoms with Gasteiger partial charge in [-0.15, -0.1) is 11.8 Å². The van der Waals surface area contributed by atoms with Crippen LogP contribution >= 0.6 is 11.8 Å². The summed E-state index contributed by atoms with van der Waals surface area (Å²) in [6, 6.07) is 9.22. The highest BCUT2D eigenvalue weighted by Crippen LogP contribution is 2.24. The molecular weight excluding hydrogens is 418 g/mol. The Hall–Kier alpha value is -2.06. The minimum atomic E-state index is -3.50. The summed E-state index contributed by atoms with van der Waals surface area (Å²) < 4.78 is 24.7. The van der Waals surface area contributed by atoms with E-state index in [0.717, 1.165) is 27.1 Å². The summed E-state index contributed by atoms with van der Waals surface area (Å²) in [4.78, 5) is 17.8. The summed E-state index contributed by atoms with van der Waals surface area (Å²) in [5.41, 5.74) is 1.14. The Labute approximate surface area is 184 Å². The molecule has 8 heteroatoms. The molecule has 30 heavy (non-hydrogen) atoms. The van der Waals surface area contributed by atoms with Gasteiger partial charge in [-0.05, 0) is 48.4 Å². The van der Waals surface area contributed by atoms with Gasteiger partial charge in [-0.1, -0.05) is 33.1 Å². The lowest BCUT2D eigenvalue weighted by Gasteiger charge is -2.19. The monoisotopic (exact) mass is 449 g/mol. The van der Waals surface area contributed by atoms with Crippen LogP contribution in [0.3, 0.4) is 0 Å². The van der Waals surface area contributed by atoms with Crippen LogP contribution in [0.2, 0.25) is 0 Å². The van der Waals surface area contributed by atoms with Crippen LogP contribution in [-0.4, -0.2) is 38.4 Å². The van der Waals surface area contributed by atoms with E-state index in [1.807, 2.05) is 36.0 Å². The lowest BCUT2D eigenvalue weighted by Crippen LogP contribution is -2.27. The normalized spacial score (nSPS) is 12.4. The number of anilines is 2. The summed E-state index contributed by atoms with van der Waals surface area (Å²) in [7, 11) is -2.10. The number of carbonyl (C=O) groups is 1. The zero-order chi connectivity index (χ0) is 22.1. The second-order valence-corrected chi connectivity index (χ2v) is 10.6. The first-order valence-corrected chi connectivity index (χ1v) is 13.0. The van der Waals surface area contributed by atoms with Gasteiger partial charge in [0.15, 0.2) is 0 Å². The van der Waals surface area contributed by atoms with Crippen LogP contribution in [0.15, 0.2) is 47.6 Å². The topological polar surface area (TPSA) is 79.4 Å². The number of amides is 1. The maximum absolute atomic E-state index is 12.7. The maximum atomic E-state index is 12.7. The van der Waals surface area contributed by atoms with Crippen molar-refractivity contribution in [1.82, 2.24) is 4.98 Å². The summed E-state index contributed by atoms with van der Waals surface area (Å²) in [5.74, 6) is 1.50. The minimum absolute atomic E-state index is 0.238. The van der Waals surface area contributed by atoms with Crippen LogP contribution in [0.5, 0.6) is 0 Å². The standard InChI is InChI=1S/C22H31N3O3S2/c1-5-17(2)8-6-7-15-29-19-11-9-18(10-12-19)24-22(26)20-13-14-23-16-21(20)25(3)30(4,27)28/h9-14,16-17H,5-8,15H2,1-4H3,(H,24,26)/t17-/m1/s1. The molecule has 0 saturated carbocycles. The molecule has 1 N–H and O–H groups in total. The molecule has 2 rings (SSSR count). The van der Waals surface area contributed by atoms with Gasteiger partial charge in [-0.3, -0.25) is 14.1 Å². The SMILES string of the molecule is CC[C@@H](C)CCCCSc1ccc(NC(=O)c2ccncc2N(C)S(C)(=O)=O)cc1. The van der Waals surface area contributed by atoms with E-state index in [1.165, 1.54) is 51.2 Å². The first kappa shape index (κ1) is 24.2. The van der Waals surface area contributed by atoms with Crippen molar-refractivity contribution < 1.29 is 13.2 Å². The van der Waals surface area contributed by atoms with Crippen LogP contribution in [0, 0.1) is 5.92 Å². The van der Waals surface area contributed by atoms with E-state index >= 15 is 0 Å². The Kier molecular flexibility index (Phi) is 9.17. The van der Waals surface area contributed by atoms with Gasteiger partial charge in [0.2, 0.25) is 10.0 Å². The number of nitrogens with zero attached hydrogens (tertiary/aromatic N) is 2. The fourth-order valence-corrected chi connectivity index (χ4v) is 4.25. The quantitative estimate of drug-likeness (QED) is 0.384. The fraction of sp³-hybridized carbons (Fsp3) is 0.455. The Morgan fingerprint density at radius 2 is 1.90 bits per heavy atom. The van der Waals surface area contributed by atoms with Crippen molar-refractivity contribution in [3.8, 4) is 0 Å². The van der Waals surface area contributed by atoms with Gasteiger partial charge >= 0.3 is 0 Å². The van der Waals surface area contributed by atoms with E-state index in [2.05, 4.69) is 24.1 Å². The van der Waals surface area contributed by atoms with Crippen molar-refractivity contribution in [2.24, 2.45) is 5.92 Å². The highest BCUT2D eigenvalue weighted by molar-refractivity contribution is 7.99. The second-order valence-electron chi connectivity index (χ2n) is 7.46. The van der Waals surface area contributed by atoms with Crippen molar-refractivity contribution in [3.05, 3.63) is 48.3 Å². The number of sulfonamides is 1. The third kappa shape index (κ3) is 7.32. The molecule has 1 aromatic heterocycles. The molecule has 0 aliphatic heterocycles. The number of rotatable bonds is 11. The molecule has 0 bridgehead atoms. The van der Waals surface area contributed by atoms with Crippen molar-refractivity contribution in [3.63, 3.8) is 0 Å².